The minimum absolute atomic E-state index is 0.0284. The topological polar surface area (TPSA) is 145 Å². The molecule has 0 radical (unpaired) electrons. The van der Waals surface area contributed by atoms with Gasteiger partial charge in [0.25, 0.3) is 0 Å². The molecular weight excluding hydrogens is 364 g/mol. The lowest BCUT2D eigenvalue weighted by molar-refractivity contribution is -0.211. The Bertz CT molecular complexity index is 732. The second kappa shape index (κ2) is 9.91. The van der Waals surface area contributed by atoms with Crippen LogP contribution in [0, 0.1) is 0 Å². The van der Waals surface area contributed by atoms with Gasteiger partial charge >= 0.3 is 11.9 Å². The van der Waals surface area contributed by atoms with Crippen LogP contribution in [0.1, 0.15) is 37.7 Å². The number of nitrogen functional groups attached to an aromatic ring is 1. The fourth-order valence-corrected chi connectivity index (χ4v) is 2.86. The predicted octanol–water partition coefficient (Wildman–Crippen LogP) is 2.36. The van der Waals surface area contributed by atoms with E-state index in [-0.39, 0.29) is 26.1 Å². The average molecular weight is 390 g/mol. The number of benzene rings is 1. The molecule has 0 heterocycles. The van der Waals surface area contributed by atoms with Gasteiger partial charge in [-0.2, -0.15) is 0 Å². The lowest BCUT2D eigenvalue weighted by Gasteiger charge is -2.37. The lowest BCUT2D eigenvalue weighted by atomic mass is 9.91. The summed E-state index contributed by atoms with van der Waals surface area (Å²) < 4.78 is 11.8. The van der Waals surface area contributed by atoms with E-state index < -0.39 is 17.7 Å². The summed E-state index contributed by atoms with van der Waals surface area (Å²) in [4.78, 5) is 21.5. The first-order valence-corrected chi connectivity index (χ1v) is 9.06. The van der Waals surface area contributed by atoms with Crippen LogP contribution in [0.5, 0.6) is 0 Å². The van der Waals surface area contributed by atoms with Gasteiger partial charge in [0, 0.05) is 24.9 Å². The largest absolute Gasteiger partial charge is 0.481 e. The Labute approximate surface area is 163 Å². The van der Waals surface area contributed by atoms with Crippen molar-refractivity contribution in [3.63, 3.8) is 0 Å². The van der Waals surface area contributed by atoms with Crippen LogP contribution < -0.4 is 11.5 Å². The van der Waals surface area contributed by atoms with Crippen molar-refractivity contribution in [2.24, 2.45) is 5.73 Å². The van der Waals surface area contributed by atoms with Crippen LogP contribution in [0.25, 0.3) is 5.57 Å². The van der Waals surface area contributed by atoms with Gasteiger partial charge in [0.05, 0.1) is 18.9 Å². The average Bonchev–Trinajstić information content (AvgIpc) is 2.65. The number of ether oxygens (including phenoxy) is 2. The molecule has 0 spiro atoms. The van der Waals surface area contributed by atoms with Crippen LogP contribution in [-0.2, 0) is 19.1 Å². The molecule has 0 unspecified atom stereocenters. The van der Waals surface area contributed by atoms with Crippen LogP contribution >= 0.6 is 0 Å². The summed E-state index contributed by atoms with van der Waals surface area (Å²) in [6, 6.07) is 7.36. The first kappa shape index (κ1) is 21.5. The van der Waals surface area contributed by atoms with Crippen LogP contribution in [-0.4, -0.2) is 41.2 Å². The molecule has 152 valence electrons. The Morgan fingerprint density at radius 2 is 1.46 bits per heavy atom. The van der Waals surface area contributed by atoms with Crippen molar-refractivity contribution < 1.29 is 29.3 Å². The standard InChI is InChI=1S/C20H26N2O6/c21-16-8-5-14(6-9-16)15-7-10-17(22)20(13-15,27-11-1-3-18(23)24)28-12-2-4-19(25)26/h5-10H,1-4,11-13,21-22H2,(H,23,24)(H,25,26). The number of nitrogens with two attached hydrogens (primary N) is 2. The van der Waals surface area contributed by atoms with E-state index in [4.69, 9.17) is 31.2 Å². The lowest BCUT2D eigenvalue weighted by Crippen LogP contribution is -2.43. The molecule has 6 N–H and O–H groups in total. The Morgan fingerprint density at radius 3 is 1.96 bits per heavy atom. The summed E-state index contributed by atoms with van der Waals surface area (Å²) in [6.07, 6.45) is 4.45. The molecule has 0 aromatic heterocycles. The van der Waals surface area contributed by atoms with Crippen molar-refractivity contribution >= 4 is 23.2 Å². The van der Waals surface area contributed by atoms with Gasteiger partial charge in [0.15, 0.2) is 0 Å². The van der Waals surface area contributed by atoms with Gasteiger partial charge < -0.3 is 31.2 Å². The number of carboxylic acids is 2. The van der Waals surface area contributed by atoms with Gasteiger partial charge in [0.2, 0.25) is 5.79 Å². The third kappa shape index (κ3) is 6.11. The van der Waals surface area contributed by atoms with E-state index in [2.05, 4.69) is 0 Å². The third-order valence-corrected chi connectivity index (χ3v) is 4.35. The van der Waals surface area contributed by atoms with Crippen molar-refractivity contribution in [1.82, 2.24) is 0 Å². The van der Waals surface area contributed by atoms with E-state index in [0.717, 1.165) is 11.1 Å². The SMILES string of the molecule is NC1=CC=C(c2ccc(N)cc2)CC1(OCCCC(=O)O)OCCCC(=O)O. The second-order valence-corrected chi connectivity index (χ2v) is 6.56. The zero-order chi connectivity index (χ0) is 20.6. The van der Waals surface area contributed by atoms with E-state index in [0.29, 0.717) is 30.6 Å². The molecule has 0 fully saturated rings. The van der Waals surface area contributed by atoms with Gasteiger partial charge in [-0.25, -0.2) is 0 Å². The first-order valence-electron chi connectivity index (χ1n) is 9.06. The molecule has 1 aliphatic rings. The van der Waals surface area contributed by atoms with E-state index in [1.54, 1.807) is 18.2 Å². The first-order chi connectivity index (χ1) is 13.3. The van der Waals surface area contributed by atoms with Gasteiger partial charge in [-0.3, -0.25) is 9.59 Å². The summed E-state index contributed by atoms with van der Waals surface area (Å²) in [5.74, 6) is -3.08. The number of allylic oxidation sites excluding steroid dienone is 2. The summed E-state index contributed by atoms with van der Waals surface area (Å²) >= 11 is 0. The highest BCUT2D eigenvalue weighted by molar-refractivity contribution is 5.71. The number of hydrogen-bond donors (Lipinski definition) is 4. The van der Waals surface area contributed by atoms with Crippen molar-refractivity contribution in [3.05, 3.63) is 47.7 Å². The van der Waals surface area contributed by atoms with Crippen molar-refractivity contribution in [3.8, 4) is 0 Å². The highest BCUT2D eigenvalue weighted by Crippen LogP contribution is 2.37. The second-order valence-electron chi connectivity index (χ2n) is 6.56. The van der Waals surface area contributed by atoms with Gasteiger partial charge in [-0.15, -0.1) is 0 Å². The molecule has 0 amide bonds. The van der Waals surface area contributed by atoms with Crippen LogP contribution in [0.4, 0.5) is 5.69 Å². The monoisotopic (exact) mass is 390 g/mol. The molecule has 1 aliphatic carbocycles. The van der Waals surface area contributed by atoms with Gasteiger partial charge in [-0.05, 0) is 42.2 Å². The Balaban J connectivity index is 2.14. The smallest absolute Gasteiger partial charge is 0.303 e. The number of carboxylic acid groups (broad SMARTS) is 2. The molecule has 0 aliphatic heterocycles. The molecule has 0 saturated heterocycles. The maximum absolute atomic E-state index is 10.7. The fraction of sp³-hybridized carbons (Fsp3) is 0.400. The fourth-order valence-electron chi connectivity index (χ4n) is 2.86. The molecule has 0 atom stereocenters. The summed E-state index contributed by atoms with van der Waals surface area (Å²) in [5.41, 5.74) is 14.8. The molecule has 8 nitrogen and oxygen atoms in total. The molecule has 28 heavy (non-hydrogen) atoms. The highest BCUT2D eigenvalue weighted by atomic mass is 16.7. The minimum atomic E-state index is -1.26. The number of anilines is 1. The normalized spacial score (nSPS) is 15.6. The van der Waals surface area contributed by atoms with Crippen LogP contribution in [0.3, 0.4) is 0 Å². The van der Waals surface area contributed by atoms with Crippen LogP contribution in [0.2, 0.25) is 0 Å². The molecular formula is C20H26N2O6. The van der Waals surface area contributed by atoms with E-state index in [1.165, 1.54) is 0 Å². The Hall–Kier alpha value is -2.84. The number of hydrogen-bond acceptors (Lipinski definition) is 6. The zero-order valence-corrected chi connectivity index (χ0v) is 15.6. The van der Waals surface area contributed by atoms with Crippen molar-refractivity contribution in [2.75, 3.05) is 18.9 Å². The number of aliphatic carboxylic acids is 2. The molecule has 1 aromatic rings. The molecule has 1 aromatic carbocycles. The van der Waals surface area contributed by atoms with Gasteiger partial charge in [-0.1, -0.05) is 18.2 Å². The highest BCUT2D eigenvalue weighted by Gasteiger charge is 2.38. The number of carbonyl (C=O) groups is 2. The molecule has 2 rings (SSSR count). The maximum atomic E-state index is 10.7. The number of rotatable bonds is 11. The van der Waals surface area contributed by atoms with Crippen molar-refractivity contribution in [1.29, 1.82) is 0 Å². The zero-order valence-electron chi connectivity index (χ0n) is 15.6. The maximum Gasteiger partial charge on any atom is 0.303 e. The third-order valence-electron chi connectivity index (χ3n) is 4.35. The summed E-state index contributed by atoms with van der Waals surface area (Å²) in [5, 5.41) is 17.6. The molecule has 8 heteroatoms. The predicted molar refractivity (Wildman–Crippen MR) is 104 cm³/mol. The minimum Gasteiger partial charge on any atom is -0.481 e. The van der Waals surface area contributed by atoms with E-state index >= 15 is 0 Å². The molecule has 0 saturated carbocycles. The van der Waals surface area contributed by atoms with E-state index in [1.807, 2.05) is 18.2 Å². The molecule has 0 bridgehead atoms. The van der Waals surface area contributed by atoms with Crippen LogP contribution in [0.15, 0.2) is 42.1 Å². The van der Waals surface area contributed by atoms with Gasteiger partial charge in [0.1, 0.15) is 0 Å². The summed E-state index contributed by atoms with van der Waals surface area (Å²) in [7, 11) is 0. The quantitative estimate of drug-likeness (QED) is 0.256. The van der Waals surface area contributed by atoms with Crippen molar-refractivity contribution in [2.45, 2.75) is 37.9 Å². The van der Waals surface area contributed by atoms with E-state index in [9.17, 15) is 9.59 Å². The Morgan fingerprint density at radius 1 is 0.929 bits per heavy atom. The summed E-state index contributed by atoms with van der Waals surface area (Å²) in [6.45, 7) is 0.295. The Kier molecular flexibility index (Phi) is 7.60.